The van der Waals surface area contributed by atoms with Crippen LogP contribution in [0.15, 0.2) is 46.6 Å². The van der Waals surface area contributed by atoms with Crippen LogP contribution in [0.3, 0.4) is 0 Å². The van der Waals surface area contributed by atoms with Gasteiger partial charge in [-0.25, -0.2) is 0 Å². The van der Waals surface area contributed by atoms with Gasteiger partial charge in [0.25, 0.3) is 0 Å². The second kappa shape index (κ2) is 24.8. The van der Waals surface area contributed by atoms with Gasteiger partial charge >= 0.3 is 0 Å². The second-order valence-corrected chi connectivity index (χ2v) is 13.0. The Kier molecular flexibility index (Phi) is 20.4. The number of rotatable bonds is 22. The van der Waals surface area contributed by atoms with Crippen LogP contribution in [0.5, 0.6) is 11.5 Å². The summed E-state index contributed by atoms with van der Waals surface area (Å²) in [7, 11) is 0. The molecule has 0 N–H and O–H groups in total. The van der Waals surface area contributed by atoms with Gasteiger partial charge < -0.3 is 14.2 Å². The molecule has 0 aromatic heterocycles. The van der Waals surface area contributed by atoms with E-state index in [1.165, 1.54) is 140 Å². The quantitative estimate of drug-likeness (QED) is 0.123. The Balaban J connectivity index is 1.52. The van der Waals surface area contributed by atoms with Gasteiger partial charge in [0.05, 0.1) is 13.2 Å². The molecule has 0 amide bonds. The number of unbranched alkanes of at least 4 members (excludes halogenated alkanes) is 18. The summed E-state index contributed by atoms with van der Waals surface area (Å²) in [5.41, 5.74) is 4.15. The molecule has 2 aromatic rings. The summed E-state index contributed by atoms with van der Waals surface area (Å²) in [6.45, 7) is 6.57. The summed E-state index contributed by atoms with van der Waals surface area (Å²) in [6.07, 6.45) is 29.1. The van der Waals surface area contributed by atoms with Crippen LogP contribution in [0.4, 0.5) is 11.4 Å². The molecule has 5 heteroatoms. The zero-order valence-electron chi connectivity index (χ0n) is 29.0. The van der Waals surface area contributed by atoms with Gasteiger partial charge in [-0.05, 0) is 61.1 Å². The number of hydrogen-bond acceptors (Lipinski definition) is 5. The average Bonchev–Trinajstić information content (AvgIpc) is 3.07. The molecule has 0 saturated heterocycles. The molecule has 1 heterocycles. The number of fused-ring (bicyclic) bond motifs is 2. The summed E-state index contributed by atoms with van der Waals surface area (Å²) < 4.78 is 17.9. The van der Waals surface area contributed by atoms with Crippen molar-refractivity contribution in [3.8, 4) is 11.5 Å². The highest BCUT2D eigenvalue weighted by atomic mass is 16.5. The normalized spacial score (nSPS) is 13.6. The first-order valence-corrected chi connectivity index (χ1v) is 18.8. The fourth-order valence-electron chi connectivity index (χ4n) is 6.10. The highest BCUT2D eigenvalue weighted by Crippen LogP contribution is 2.35. The van der Waals surface area contributed by atoms with E-state index in [2.05, 4.69) is 50.2 Å². The second-order valence-electron chi connectivity index (χ2n) is 13.0. The minimum absolute atomic E-state index is 0.482. The Labute approximate surface area is 275 Å². The van der Waals surface area contributed by atoms with Crippen LogP contribution < -0.4 is 9.47 Å². The van der Waals surface area contributed by atoms with Crippen LogP contribution in [0.25, 0.3) is 0 Å². The summed E-state index contributed by atoms with van der Waals surface area (Å²) in [4.78, 5) is 0. The molecule has 0 radical (unpaired) electrons. The van der Waals surface area contributed by atoms with Crippen molar-refractivity contribution in [1.29, 1.82) is 0 Å². The van der Waals surface area contributed by atoms with E-state index >= 15 is 0 Å². The Hall–Kier alpha value is -2.40. The Bertz CT molecular complexity index is 972. The molecule has 0 saturated carbocycles. The smallest absolute Gasteiger partial charge is 0.146 e. The fourth-order valence-corrected chi connectivity index (χ4v) is 6.10. The Morgan fingerprint density at radius 1 is 0.444 bits per heavy atom. The number of aryl methyl sites for hydroxylation is 2. The lowest BCUT2D eigenvalue weighted by Gasteiger charge is -2.10. The lowest BCUT2D eigenvalue weighted by atomic mass is 10.0. The lowest BCUT2D eigenvalue weighted by Crippen LogP contribution is -2.12. The Morgan fingerprint density at radius 3 is 1.18 bits per heavy atom. The topological polar surface area (TPSA) is 52.4 Å². The van der Waals surface area contributed by atoms with Crippen LogP contribution in [0, 0.1) is 0 Å². The first kappa shape index (κ1) is 37.1. The molecule has 0 aliphatic carbocycles. The third-order valence-corrected chi connectivity index (χ3v) is 8.92. The van der Waals surface area contributed by atoms with Crippen molar-refractivity contribution in [1.82, 2.24) is 0 Å². The molecule has 2 aromatic carbocycles. The predicted molar refractivity (Wildman–Crippen MR) is 190 cm³/mol. The summed E-state index contributed by atoms with van der Waals surface area (Å²) in [5.74, 6) is 1.52. The molecule has 0 bridgehead atoms. The molecule has 3 rings (SSSR count). The molecule has 45 heavy (non-hydrogen) atoms. The molecule has 0 spiro atoms. The first-order chi connectivity index (χ1) is 22.3. The molecule has 0 unspecified atom stereocenters. The molecule has 252 valence electrons. The number of hydrogen-bond donors (Lipinski definition) is 0. The number of benzene rings is 2. The van der Waals surface area contributed by atoms with E-state index in [1.807, 2.05) is 0 Å². The van der Waals surface area contributed by atoms with E-state index in [9.17, 15) is 0 Å². The number of ether oxygens (including phenoxy) is 3. The van der Waals surface area contributed by atoms with Crippen molar-refractivity contribution in [3.05, 3.63) is 47.5 Å². The van der Waals surface area contributed by atoms with E-state index in [4.69, 9.17) is 24.4 Å². The highest BCUT2D eigenvalue weighted by molar-refractivity contribution is 5.56. The van der Waals surface area contributed by atoms with E-state index in [0.29, 0.717) is 26.4 Å². The van der Waals surface area contributed by atoms with Gasteiger partial charge in [0.15, 0.2) is 0 Å². The predicted octanol–water partition coefficient (Wildman–Crippen LogP) is 12.8. The van der Waals surface area contributed by atoms with Crippen LogP contribution >= 0.6 is 0 Å². The monoisotopic (exact) mass is 620 g/mol. The minimum Gasteiger partial charge on any atom is -0.489 e. The van der Waals surface area contributed by atoms with Crippen molar-refractivity contribution in [2.75, 3.05) is 26.4 Å². The van der Waals surface area contributed by atoms with E-state index < -0.39 is 0 Å². The van der Waals surface area contributed by atoms with Crippen molar-refractivity contribution in [2.24, 2.45) is 10.2 Å². The third-order valence-electron chi connectivity index (χ3n) is 8.92. The lowest BCUT2D eigenvalue weighted by molar-refractivity contribution is 0.0768. The fraction of sp³-hybridized carbons (Fsp3) is 0.700. The van der Waals surface area contributed by atoms with Gasteiger partial charge in [0.2, 0.25) is 0 Å². The zero-order chi connectivity index (χ0) is 31.6. The Morgan fingerprint density at radius 2 is 0.800 bits per heavy atom. The van der Waals surface area contributed by atoms with E-state index in [1.54, 1.807) is 0 Å². The van der Waals surface area contributed by atoms with Crippen molar-refractivity contribution in [2.45, 2.75) is 155 Å². The van der Waals surface area contributed by atoms with Gasteiger partial charge in [-0.2, -0.15) is 0 Å². The van der Waals surface area contributed by atoms with Crippen LogP contribution in [-0.2, 0) is 17.6 Å². The molecular weight excluding hydrogens is 556 g/mol. The molecule has 0 fully saturated rings. The standard InChI is InChI=1S/C40H64N2O3/c1-3-5-7-9-11-13-15-17-19-21-23-35-25-27-39-37(33-35)41-42-38-34-36(24-22-20-18-16-14-12-10-8-6-4-2)26-28-40(38)45-32-30-43-29-31-44-39/h25-28,33-34H,3-24,29-32H2,1-2H3. The SMILES string of the molecule is CCCCCCCCCCCCc1ccc2c(c1)N=Nc1cc(CCCCCCCCCCCC)ccc1OCCOCCO2. The maximum atomic E-state index is 6.07. The number of nitrogens with zero attached hydrogens (tertiary/aromatic N) is 2. The molecular formula is C40H64N2O3. The highest BCUT2D eigenvalue weighted by Gasteiger charge is 2.10. The molecule has 1 aliphatic heterocycles. The van der Waals surface area contributed by atoms with Gasteiger partial charge in [-0.1, -0.05) is 142 Å². The maximum Gasteiger partial charge on any atom is 0.146 e. The zero-order valence-corrected chi connectivity index (χ0v) is 29.0. The third kappa shape index (κ3) is 16.6. The molecule has 0 atom stereocenters. The summed E-state index contributed by atoms with van der Waals surface area (Å²) in [6, 6.07) is 12.8. The van der Waals surface area contributed by atoms with Crippen molar-refractivity contribution < 1.29 is 14.2 Å². The minimum atomic E-state index is 0.482. The summed E-state index contributed by atoms with van der Waals surface area (Å²) in [5, 5.41) is 9.46. The number of azo groups is 1. The van der Waals surface area contributed by atoms with Crippen molar-refractivity contribution in [3.63, 3.8) is 0 Å². The molecule has 1 aliphatic rings. The first-order valence-electron chi connectivity index (χ1n) is 18.8. The van der Waals surface area contributed by atoms with Gasteiger partial charge in [0.1, 0.15) is 36.1 Å². The van der Waals surface area contributed by atoms with Gasteiger partial charge in [-0.15, -0.1) is 10.2 Å². The van der Waals surface area contributed by atoms with E-state index in [0.717, 1.165) is 35.7 Å². The molecule has 5 nitrogen and oxygen atoms in total. The van der Waals surface area contributed by atoms with Gasteiger partial charge in [0, 0.05) is 0 Å². The van der Waals surface area contributed by atoms with Crippen molar-refractivity contribution >= 4 is 11.4 Å². The van der Waals surface area contributed by atoms with Crippen LogP contribution in [-0.4, -0.2) is 26.4 Å². The summed E-state index contributed by atoms with van der Waals surface area (Å²) >= 11 is 0. The van der Waals surface area contributed by atoms with E-state index in [-0.39, 0.29) is 0 Å². The maximum absolute atomic E-state index is 6.07. The van der Waals surface area contributed by atoms with Crippen LogP contribution in [0.2, 0.25) is 0 Å². The largest absolute Gasteiger partial charge is 0.489 e. The van der Waals surface area contributed by atoms with Crippen LogP contribution in [0.1, 0.15) is 153 Å². The average molecular weight is 621 g/mol. The van der Waals surface area contributed by atoms with Gasteiger partial charge in [-0.3, -0.25) is 0 Å².